The number of esters is 1. The summed E-state index contributed by atoms with van der Waals surface area (Å²) in [5.74, 6) is -1.06. The first kappa shape index (κ1) is 18.3. The van der Waals surface area contributed by atoms with E-state index in [0.29, 0.717) is 5.56 Å². The molecule has 1 aromatic carbocycles. The molecule has 0 aliphatic carbocycles. The van der Waals surface area contributed by atoms with E-state index >= 15 is 0 Å². The molecule has 6 nitrogen and oxygen atoms in total. The Morgan fingerprint density at radius 3 is 2.40 bits per heavy atom. The molecule has 0 aliphatic heterocycles. The number of rotatable bonds is 6. The first-order chi connectivity index (χ1) is 11.9. The van der Waals surface area contributed by atoms with Crippen LogP contribution in [0.2, 0.25) is 0 Å². The van der Waals surface area contributed by atoms with Crippen LogP contribution >= 0.6 is 0 Å². The summed E-state index contributed by atoms with van der Waals surface area (Å²) in [6, 6.07) is 11.8. The van der Waals surface area contributed by atoms with Gasteiger partial charge in [0.2, 0.25) is 11.7 Å². The van der Waals surface area contributed by atoms with Gasteiger partial charge in [0.25, 0.3) is 0 Å². The number of hydrogen-bond acceptors (Lipinski definition) is 5. The van der Waals surface area contributed by atoms with Gasteiger partial charge in [-0.05, 0) is 31.0 Å². The number of pyridine rings is 1. The van der Waals surface area contributed by atoms with E-state index in [-0.39, 0.29) is 23.2 Å². The van der Waals surface area contributed by atoms with Crippen molar-refractivity contribution in [2.75, 3.05) is 5.32 Å². The van der Waals surface area contributed by atoms with Crippen molar-refractivity contribution >= 4 is 23.5 Å². The Hall–Kier alpha value is -3.02. The van der Waals surface area contributed by atoms with Gasteiger partial charge in [0.1, 0.15) is 5.82 Å². The van der Waals surface area contributed by atoms with Crippen LogP contribution in [0.5, 0.6) is 0 Å². The molecule has 0 unspecified atom stereocenters. The minimum Gasteiger partial charge on any atom is -0.450 e. The van der Waals surface area contributed by atoms with E-state index in [9.17, 15) is 14.4 Å². The number of ketones is 1. The number of carbonyl (C=O) groups excluding carboxylic acids is 3. The summed E-state index contributed by atoms with van der Waals surface area (Å²) >= 11 is 0. The first-order valence-electron chi connectivity index (χ1n) is 7.99. The Balaban J connectivity index is 2.05. The fourth-order valence-electron chi connectivity index (χ4n) is 2.21. The second-order valence-electron chi connectivity index (χ2n) is 5.55. The van der Waals surface area contributed by atoms with Crippen molar-refractivity contribution in [1.29, 1.82) is 0 Å². The zero-order chi connectivity index (χ0) is 18.4. The van der Waals surface area contributed by atoms with E-state index in [4.69, 9.17) is 4.74 Å². The van der Waals surface area contributed by atoms with Crippen LogP contribution in [0.4, 0.5) is 5.82 Å². The summed E-state index contributed by atoms with van der Waals surface area (Å²) in [6.45, 7) is 4.90. The molecule has 1 amide bonds. The third-order valence-corrected chi connectivity index (χ3v) is 3.56. The number of anilines is 1. The van der Waals surface area contributed by atoms with Crippen LogP contribution in [0.15, 0.2) is 42.5 Å². The third-order valence-electron chi connectivity index (χ3n) is 3.56. The molecule has 0 bridgehead atoms. The highest BCUT2D eigenvalue weighted by Crippen LogP contribution is 2.12. The smallest absolute Gasteiger partial charge is 0.357 e. The average Bonchev–Trinajstić information content (AvgIpc) is 2.60. The second-order valence-corrected chi connectivity index (χ2v) is 5.55. The molecule has 1 aromatic heterocycles. The molecule has 0 saturated carbocycles. The Morgan fingerprint density at radius 1 is 1.12 bits per heavy atom. The fraction of sp³-hybridized carbons (Fsp3) is 0.263. The predicted molar refractivity (Wildman–Crippen MR) is 93.6 cm³/mol. The third kappa shape index (κ3) is 4.97. The molecule has 0 saturated heterocycles. The summed E-state index contributed by atoms with van der Waals surface area (Å²) < 4.78 is 5.21. The molecule has 25 heavy (non-hydrogen) atoms. The average molecular weight is 340 g/mol. The number of hydrogen-bond donors (Lipinski definition) is 1. The first-order valence-corrected chi connectivity index (χ1v) is 7.99. The van der Waals surface area contributed by atoms with E-state index in [2.05, 4.69) is 10.3 Å². The molecule has 1 heterocycles. The van der Waals surface area contributed by atoms with Gasteiger partial charge in [-0.15, -0.1) is 0 Å². The molecule has 0 spiro atoms. The normalized spacial score (nSPS) is 11.5. The van der Waals surface area contributed by atoms with E-state index in [1.807, 2.05) is 19.1 Å². The molecular weight excluding hydrogens is 320 g/mol. The number of Topliss-reactive ketones (excluding diaryl/α,β-unsaturated/α-hetero) is 1. The lowest BCUT2D eigenvalue weighted by Gasteiger charge is -2.12. The largest absolute Gasteiger partial charge is 0.450 e. The Kier molecular flexibility index (Phi) is 6.00. The SMILES string of the molecule is CCc1ccc(C(=O)[C@@H](C)OC(=O)c2cccc(NC(C)=O)n2)cc1. The van der Waals surface area contributed by atoms with Crippen molar-refractivity contribution in [3.05, 3.63) is 59.3 Å². The van der Waals surface area contributed by atoms with E-state index in [0.717, 1.165) is 12.0 Å². The van der Waals surface area contributed by atoms with Gasteiger partial charge in [-0.25, -0.2) is 9.78 Å². The Labute approximate surface area is 146 Å². The minimum atomic E-state index is -0.939. The maximum atomic E-state index is 12.4. The molecule has 2 rings (SSSR count). The highest BCUT2D eigenvalue weighted by atomic mass is 16.5. The summed E-state index contributed by atoms with van der Waals surface area (Å²) in [5.41, 5.74) is 1.63. The lowest BCUT2D eigenvalue weighted by atomic mass is 10.0. The maximum Gasteiger partial charge on any atom is 0.357 e. The van der Waals surface area contributed by atoms with Crippen LogP contribution in [-0.2, 0) is 16.0 Å². The molecule has 2 aromatic rings. The number of carbonyl (C=O) groups is 3. The van der Waals surface area contributed by atoms with Gasteiger partial charge < -0.3 is 10.1 Å². The van der Waals surface area contributed by atoms with Crippen molar-refractivity contribution in [3.63, 3.8) is 0 Å². The molecule has 130 valence electrons. The van der Waals surface area contributed by atoms with Gasteiger partial charge in [-0.1, -0.05) is 37.3 Å². The van der Waals surface area contributed by atoms with Crippen LogP contribution in [0, 0.1) is 0 Å². The number of aromatic nitrogens is 1. The minimum absolute atomic E-state index is 0.0206. The van der Waals surface area contributed by atoms with Crippen LogP contribution in [-0.4, -0.2) is 28.7 Å². The molecule has 0 radical (unpaired) electrons. The van der Waals surface area contributed by atoms with Crippen molar-refractivity contribution in [2.24, 2.45) is 0 Å². The molecular formula is C19H20N2O4. The van der Waals surface area contributed by atoms with Gasteiger partial charge >= 0.3 is 5.97 Å². The highest BCUT2D eigenvalue weighted by molar-refractivity contribution is 6.01. The summed E-state index contributed by atoms with van der Waals surface area (Å²) in [7, 11) is 0. The molecule has 0 aliphatic rings. The van der Waals surface area contributed by atoms with Crippen molar-refractivity contribution in [2.45, 2.75) is 33.3 Å². The van der Waals surface area contributed by atoms with Gasteiger partial charge in [0.05, 0.1) is 0 Å². The second kappa shape index (κ2) is 8.19. The molecule has 1 atom stereocenters. The summed E-state index contributed by atoms with van der Waals surface area (Å²) in [5, 5.41) is 2.49. The zero-order valence-electron chi connectivity index (χ0n) is 14.4. The standard InChI is InChI=1S/C19H20N2O4/c1-4-14-8-10-15(11-9-14)18(23)12(2)25-19(24)16-6-5-7-17(21-16)20-13(3)22/h5-12H,4H2,1-3H3,(H,20,21,22)/t12-/m1/s1. The number of ether oxygens (including phenoxy) is 1. The molecule has 0 fully saturated rings. The quantitative estimate of drug-likeness (QED) is 0.645. The summed E-state index contributed by atoms with van der Waals surface area (Å²) in [4.78, 5) is 39.6. The summed E-state index contributed by atoms with van der Waals surface area (Å²) in [6.07, 6.45) is -0.0545. The van der Waals surface area contributed by atoms with Gasteiger partial charge in [0, 0.05) is 12.5 Å². The number of aryl methyl sites for hydroxylation is 1. The number of nitrogens with one attached hydrogen (secondary N) is 1. The monoisotopic (exact) mass is 340 g/mol. The van der Waals surface area contributed by atoms with Gasteiger partial charge in [0.15, 0.2) is 11.8 Å². The maximum absolute atomic E-state index is 12.4. The van der Waals surface area contributed by atoms with Crippen LogP contribution in [0.25, 0.3) is 0 Å². The van der Waals surface area contributed by atoms with E-state index < -0.39 is 12.1 Å². The van der Waals surface area contributed by atoms with Crippen molar-refractivity contribution < 1.29 is 19.1 Å². The Bertz CT molecular complexity index is 784. The number of nitrogens with zero attached hydrogens (tertiary/aromatic N) is 1. The lowest BCUT2D eigenvalue weighted by molar-refractivity contribution is -0.114. The fourth-order valence-corrected chi connectivity index (χ4v) is 2.21. The number of benzene rings is 1. The lowest BCUT2D eigenvalue weighted by Crippen LogP contribution is -2.25. The molecule has 6 heteroatoms. The van der Waals surface area contributed by atoms with Crippen molar-refractivity contribution in [1.82, 2.24) is 4.98 Å². The van der Waals surface area contributed by atoms with Crippen LogP contribution in [0.1, 0.15) is 47.2 Å². The van der Waals surface area contributed by atoms with Gasteiger partial charge in [-0.2, -0.15) is 0 Å². The predicted octanol–water partition coefficient (Wildman–Crippen LogP) is 3.03. The number of amides is 1. The van der Waals surface area contributed by atoms with Crippen LogP contribution < -0.4 is 5.32 Å². The van der Waals surface area contributed by atoms with Gasteiger partial charge in [-0.3, -0.25) is 9.59 Å². The van der Waals surface area contributed by atoms with Crippen molar-refractivity contribution in [3.8, 4) is 0 Å². The van der Waals surface area contributed by atoms with Crippen LogP contribution in [0.3, 0.4) is 0 Å². The topological polar surface area (TPSA) is 85.4 Å². The highest BCUT2D eigenvalue weighted by Gasteiger charge is 2.21. The Morgan fingerprint density at radius 2 is 1.80 bits per heavy atom. The van der Waals surface area contributed by atoms with E-state index in [1.54, 1.807) is 24.3 Å². The molecule has 1 N–H and O–H groups in total. The van der Waals surface area contributed by atoms with E-state index in [1.165, 1.54) is 19.9 Å². The zero-order valence-corrected chi connectivity index (χ0v) is 14.4.